The van der Waals surface area contributed by atoms with Gasteiger partial charge in [0.05, 0.1) is 12.1 Å². The van der Waals surface area contributed by atoms with E-state index in [0.717, 1.165) is 9.48 Å². The number of carbonyl (C=O) groups excluding carboxylic acids is 1. The molecule has 0 aromatic carbocycles. The van der Waals surface area contributed by atoms with Crippen LogP contribution in [0.1, 0.15) is 22.3 Å². The first-order valence-corrected chi connectivity index (χ1v) is 7.44. The van der Waals surface area contributed by atoms with Gasteiger partial charge in [0, 0.05) is 28.8 Å². The molecule has 0 atom stereocenters. The van der Waals surface area contributed by atoms with Crippen LogP contribution in [-0.4, -0.2) is 22.4 Å². The second-order valence-corrected chi connectivity index (χ2v) is 5.58. The van der Waals surface area contributed by atoms with E-state index in [4.69, 9.17) is 0 Å². The molecule has 7 heteroatoms. The molecule has 0 fully saturated rings. The third-order valence-electron chi connectivity index (χ3n) is 2.33. The summed E-state index contributed by atoms with van der Waals surface area (Å²) in [6.45, 7) is 3.09. The van der Waals surface area contributed by atoms with Crippen LogP contribution in [0, 0.1) is 0 Å². The number of anilines is 1. The highest BCUT2D eigenvalue weighted by Crippen LogP contribution is 2.18. The summed E-state index contributed by atoms with van der Waals surface area (Å²) in [7, 11) is 0. The van der Waals surface area contributed by atoms with Gasteiger partial charge in [-0.15, -0.1) is 11.3 Å². The molecule has 2 aromatic heterocycles. The van der Waals surface area contributed by atoms with E-state index in [0.29, 0.717) is 24.5 Å². The number of hydrogen-bond donors (Lipinski definition) is 2. The highest BCUT2D eigenvalue weighted by atomic mass is 79.9. The van der Waals surface area contributed by atoms with Crippen molar-refractivity contribution >= 4 is 39.0 Å². The minimum absolute atomic E-state index is 0.167. The molecule has 0 unspecified atom stereocenters. The van der Waals surface area contributed by atoms with Crippen molar-refractivity contribution in [3.8, 4) is 0 Å². The van der Waals surface area contributed by atoms with Crippen molar-refractivity contribution in [2.75, 3.05) is 11.9 Å². The normalized spacial score (nSPS) is 10.2. The highest BCUT2D eigenvalue weighted by Gasteiger charge is 2.13. The van der Waals surface area contributed by atoms with E-state index >= 15 is 0 Å². The van der Waals surface area contributed by atoms with Gasteiger partial charge < -0.3 is 10.6 Å². The maximum atomic E-state index is 12.2. The Balaban J connectivity index is 2.11. The molecule has 1 amide bonds. The largest absolute Gasteiger partial charge is 0.370 e. The van der Waals surface area contributed by atoms with Crippen LogP contribution in [0.25, 0.3) is 0 Å². The maximum absolute atomic E-state index is 12.2. The standard InChI is InChI=1S/C12H13BrN4OS/c1-2-14-11-9(5-8(13)6-16-11)12(18)17-7-10-15-3-4-19-10/h3-6H,2,7H2,1H3,(H,14,16)(H,17,18). The summed E-state index contributed by atoms with van der Waals surface area (Å²) in [5, 5.41) is 8.66. The molecule has 2 rings (SSSR count). The van der Waals surface area contributed by atoms with Gasteiger partial charge in [-0.1, -0.05) is 0 Å². The Kier molecular flexibility index (Phi) is 4.86. The van der Waals surface area contributed by atoms with Gasteiger partial charge in [-0.25, -0.2) is 9.97 Å². The Bertz CT molecular complexity index is 559. The van der Waals surface area contributed by atoms with Crippen molar-refractivity contribution in [2.45, 2.75) is 13.5 Å². The lowest BCUT2D eigenvalue weighted by molar-refractivity contribution is 0.0951. The van der Waals surface area contributed by atoms with Gasteiger partial charge in [0.1, 0.15) is 10.8 Å². The molecule has 100 valence electrons. The molecule has 2 N–H and O–H groups in total. The maximum Gasteiger partial charge on any atom is 0.255 e. The molecule has 0 aliphatic rings. The van der Waals surface area contributed by atoms with Gasteiger partial charge in [-0.05, 0) is 28.9 Å². The predicted molar refractivity (Wildman–Crippen MR) is 79.4 cm³/mol. The SMILES string of the molecule is CCNc1ncc(Br)cc1C(=O)NCc1nccs1. The van der Waals surface area contributed by atoms with Crippen molar-refractivity contribution in [3.05, 3.63) is 38.9 Å². The molecular formula is C12H13BrN4OS. The lowest BCUT2D eigenvalue weighted by Crippen LogP contribution is -2.24. The Morgan fingerprint density at radius 1 is 1.47 bits per heavy atom. The van der Waals surface area contributed by atoms with Crippen molar-refractivity contribution in [3.63, 3.8) is 0 Å². The number of amides is 1. The number of pyridine rings is 1. The molecule has 0 spiro atoms. The lowest BCUT2D eigenvalue weighted by Gasteiger charge is -2.10. The fourth-order valence-corrected chi connectivity index (χ4v) is 2.40. The van der Waals surface area contributed by atoms with Crippen molar-refractivity contribution in [1.82, 2.24) is 15.3 Å². The number of carbonyl (C=O) groups is 1. The van der Waals surface area contributed by atoms with E-state index < -0.39 is 0 Å². The van der Waals surface area contributed by atoms with Crippen LogP contribution < -0.4 is 10.6 Å². The minimum Gasteiger partial charge on any atom is -0.370 e. The quantitative estimate of drug-likeness (QED) is 0.877. The first-order valence-electron chi connectivity index (χ1n) is 5.76. The third-order valence-corrected chi connectivity index (χ3v) is 3.54. The third kappa shape index (κ3) is 3.74. The van der Waals surface area contributed by atoms with Gasteiger partial charge in [0.15, 0.2) is 0 Å². The van der Waals surface area contributed by atoms with E-state index in [2.05, 4.69) is 36.5 Å². The Labute approximate surface area is 123 Å². The molecule has 0 saturated carbocycles. The molecule has 0 aliphatic heterocycles. The van der Waals surface area contributed by atoms with Gasteiger partial charge in [-0.2, -0.15) is 0 Å². The molecule has 0 saturated heterocycles. The summed E-state index contributed by atoms with van der Waals surface area (Å²) in [4.78, 5) is 20.5. The van der Waals surface area contributed by atoms with E-state index in [1.165, 1.54) is 11.3 Å². The van der Waals surface area contributed by atoms with Crippen LogP contribution in [0.4, 0.5) is 5.82 Å². The zero-order chi connectivity index (χ0) is 13.7. The van der Waals surface area contributed by atoms with Gasteiger partial charge in [-0.3, -0.25) is 4.79 Å². The summed E-state index contributed by atoms with van der Waals surface area (Å²) < 4.78 is 0.772. The van der Waals surface area contributed by atoms with E-state index in [-0.39, 0.29) is 5.91 Å². The summed E-state index contributed by atoms with van der Waals surface area (Å²) in [6, 6.07) is 1.75. The molecule has 5 nitrogen and oxygen atoms in total. The summed E-state index contributed by atoms with van der Waals surface area (Å²) in [5.74, 6) is 0.419. The van der Waals surface area contributed by atoms with Crippen LogP contribution in [0.5, 0.6) is 0 Å². The molecule has 2 aromatic rings. The monoisotopic (exact) mass is 340 g/mol. The molecule has 0 radical (unpaired) electrons. The van der Waals surface area contributed by atoms with E-state index in [1.807, 2.05) is 12.3 Å². The van der Waals surface area contributed by atoms with Gasteiger partial charge >= 0.3 is 0 Å². The second kappa shape index (κ2) is 6.63. The summed E-state index contributed by atoms with van der Waals surface area (Å²) in [6.07, 6.45) is 3.38. The first kappa shape index (κ1) is 14.0. The predicted octanol–water partition coefficient (Wildman–Crippen LogP) is 2.66. The lowest BCUT2D eigenvalue weighted by atomic mass is 10.2. The zero-order valence-electron chi connectivity index (χ0n) is 10.3. The molecular weight excluding hydrogens is 328 g/mol. The Hall–Kier alpha value is -1.47. The summed E-state index contributed by atoms with van der Waals surface area (Å²) >= 11 is 4.84. The average molecular weight is 341 g/mol. The molecule has 19 heavy (non-hydrogen) atoms. The van der Waals surface area contributed by atoms with Crippen LogP contribution in [0.3, 0.4) is 0 Å². The van der Waals surface area contributed by atoms with E-state index in [9.17, 15) is 4.79 Å². The van der Waals surface area contributed by atoms with Gasteiger partial charge in [0.2, 0.25) is 0 Å². The van der Waals surface area contributed by atoms with Crippen molar-refractivity contribution in [1.29, 1.82) is 0 Å². The fourth-order valence-electron chi connectivity index (χ4n) is 1.51. The number of nitrogens with one attached hydrogen (secondary N) is 2. The van der Waals surface area contributed by atoms with Crippen LogP contribution in [0.2, 0.25) is 0 Å². The number of hydrogen-bond acceptors (Lipinski definition) is 5. The minimum atomic E-state index is -0.167. The van der Waals surface area contributed by atoms with Crippen LogP contribution >= 0.6 is 27.3 Å². The number of aromatic nitrogens is 2. The molecule has 2 heterocycles. The smallest absolute Gasteiger partial charge is 0.255 e. The molecule has 0 aliphatic carbocycles. The van der Waals surface area contributed by atoms with Crippen LogP contribution in [0.15, 0.2) is 28.3 Å². The number of rotatable bonds is 5. The average Bonchev–Trinajstić information content (AvgIpc) is 2.91. The first-order chi connectivity index (χ1) is 9.20. The number of halogens is 1. The van der Waals surface area contributed by atoms with Crippen molar-refractivity contribution < 1.29 is 4.79 Å². The zero-order valence-corrected chi connectivity index (χ0v) is 12.7. The number of thiazole rings is 1. The van der Waals surface area contributed by atoms with Gasteiger partial charge in [0.25, 0.3) is 5.91 Å². The van der Waals surface area contributed by atoms with Crippen molar-refractivity contribution in [2.24, 2.45) is 0 Å². The Morgan fingerprint density at radius 3 is 3.00 bits per heavy atom. The Morgan fingerprint density at radius 2 is 2.32 bits per heavy atom. The number of nitrogens with zero attached hydrogens (tertiary/aromatic N) is 2. The fraction of sp³-hybridized carbons (Fsp3) is 0.250. The van der Waals surface area contributed by atoms with Crippen LogP contribution in [-0.2, 0) is 6.54 Å². The topological polar surface area (TPSA) is 66.9 Å². The van der Waals surface area contributed by atoms with E-state index in [1.54, 1.807) is 18.5 Å². The highest BCUT2D eigenvalue weighted by molar-refractivity contribution is 9.10. The summed E-state index contributed by atoms with van der Waals surface area (Å²) in [5.41, 5.74) is 0.521. The second-order valence-electron chi connectivity index (χ2n) is 3.69. The molecule has 0 bridgehead atoms.